The molecule has 0 spiro atoms. The van der Waals surface area contributed by atoms with E-state index in [1.165, 1.54) is 23.5 Å². The van der Waals surface area contributed by atoms with Crippen LogP contribution < -0.4 is 5.32 Å². The minimum absolute atomic E-state index is 0.292. The Labute approximate surface area is 137 Å². The predicted octanol–water partition coefficient (Wildman–Crippen LogP) is 3.58. The predicted molar refractivity (Wildman–Crippen MR) is 87.7 cm³/mol. The zero-order valence-corrected chi connectivity index (χ0v) is 13.2. The van der Waals surface area contributed by atoms with E-state index in [0.29, 0.717) is 22.7 Å². The molecular weight excluding hydrogens is 313 g/mol. The molecule has 3 aromatic rings. The SMILES string of the molecule is Cc1nc(C(=O)NCc2ccccn2)c(-c2cccc(F)c2)s1. The van der Waals surface area contributed by atoms with Gasteiger partial charge < -0.3 is 5.32 Å². The first-order valence-electron chi connectivity index (χ1n) is 7.05. The van der Waals surface area contributed by atoms with Crippen LogP contribution in [-0.2, 0) is 6.54 Å². The summed E-state index contributed by atoms with van der Waals surface area (Å²) in [7, 11) is 0. The molecule has 2 heterocycles. The van der Waals surface area contributed by atoms with E-state index in [1.54, 1.807) is 18.3 Å². The zero-order valence-electron chi connectivity index (χ0n) is 12.4. The number of benzene rings is 1. The lowest BCUT2D eigenvalue weighted by Gasteiger charge is -2.05. The molecule has 0 aliphatic carbocycles. The first-order chi connectivity index (χ1) is 11.1. The van der Waals surface area contributed by atoms with Crippen molar-refractivity contribution in [2.24, 2.45) is 0 Å². The van der Waals surface area contributed by atoms with E-state index in [9.17, 15) is 9.18 Å². The van der Waals surface area contributed by atoms with Crippen molar-refractivity contribution < 1.29 is 9.18 Å². The summed E-state index contributed by atoms with van der Waals surface area (Å²) in [6.07, 6.45) is 1.67. The third-order valence-electron chi connectivity index (χ3n) is 3.19. The van der Waals surface area contributed by atoms with Crippen molar-refractivity contribution in [2.75, 3.05) is 0 Å². The Hall–Kier alpha value is -2.60. The number of aryl methyl sites for hydroxylation is 1. The van der Waals surface area contributed by atoms with Crippen LogP contribution in [0.5, 0.6) is 0 Å². The monoisotopic (exact) mass is 327 g/mol. The van der Waals surface area contributed by atoms with Crippen molar-refractivity contribution in [3.05, 3.63) is 70.9 Å². The van der Waals surface area contributed by atoms with E-state index in [-0.39, 0.29) is 11.7 Å². The van der Waals surface area contributed by atoms with Crippen molar-refractivity contribution in [3.8, 4) is 10.4 Å². The summed E-state index contributed by atoms with van der Waals surface area (Å²) in [4.78, 5) is 21.5. The number of nitrogens with zero attached hydrogens (tertiary/aromatic N) is 2. The Kier molecular flexibility index (Phi) is 4.43. The molecule has 0 bridgehead atoms. The maximum atomic E-state index is 13.4. The van der Waals surface area contributed by atoms with Gasteiger partial charge in [0.05, 0.1) is 22.1 Å². The largest absolute Gasteiger partial charge is 0.345 e. The molecule has 1 N–H and O–H groups in total. The molecule has 0 fully saturated rings. The molecule has 0 aliphatic heterocycles. The van der Waals surface area contributed by atoms with Gasteiger partial charge in [0.2, 0.25) is 0 Å². The Morgan fingerprint density at radius 2 is 2.13 bits per heavy atom. The first-order valence-corrected chi connectivity index (χ1v) is 7.86. The number of carbonyl (C=O) groups excluding carboxylic acids is 1. The maximum Gasteiger partial charge on any atom is 0.271 e. The number of hydrogen-bond donors (Lipinski definition) is 1. The van der Waals surface area contributed by atoms with Crippen LogP contribution in [0.3, 0.4) is 0 Å². The fourth-order valence-electron chi connectivity index (χ4n) is 2.16. The molecule has 4 nitrogen and oxygen atoms in total. The molecule has 1 amide bonds. The van der Waals surface area contributed by atoms with Gasteiger partial charge in [0.15, 0.2) is 0 Å². The van der Waals surface area contributed by atoms with Gasteiger partial charge in [-0.15, -0.1) is 11.3 Å². The van der Waals surface area contributed by atoms with E-state index in [2.05, 4.69) is 15.3 Å². The lowest BCUT2D eigenvalue weighted by molar-refractivity contribution is 0.0946. The molecule has 0 atom stereocenters. The summed E-state index contributed by atoms with van der Waals surface area (Å²) in [6.45, 7) is 2.14. The molecule has 6 heteroatoms. The standard InChI is InChI=1S/C17H14FN3OS/c1-11-21-15(16(23-11)12-5-4-6-13(18)9-12)17(22)20-10-14-7-2-3-8-19-14/h2-9H,10H2,1H3,(H,20,22). The van der Waals surface area contributed by atoms with Gasteiger partial charge in [-0.3, -0.25) is 9.78 Å². The number of carbonyl (C=O) groups is 1. The summed E-state index contributed by atoms with van der Waals surface area (Å²) in [6, 6.07) is 11.7. The van der Waals surface area contributed by atoms with Crippen LogP contribution in [0.15, 0.2) is 48.7 Å². The minimum Gasteiger partial charge on any atom is -0.345 e. The smallest absolute Gasteiger partial charge is 0.271 e. The molecule has 116 valence electrons. The van der Waals surface area contributed by atoms with Crippen LogP contribution in [0.1, 0.15) is 21.2 Å². The lowest BCUT2D eigenvalue weighted by Crippen LogP contribution is -2.24. The normalized spacial score (nSPS) is 10.5. The van der Waals surface area contributed by atoms with Crippen LogP contribution in [0, 0.1) is 12.7 Å². The van der Waals surface area contributed by atoms with Crippen molar-refractivity contribution in [3.63, 3.8) is 0 Å². The number of halogens is 1. The summed E-state index contributed by atoms with van der Waals surface area (Å²) >= 11 is 1.37. The topological polar surface area (TPSA) is 54.9 Å². The van der Waals surface area contributed by atoms with Crippen molar-refractivity contribution in [1.82, 2.24) is 15.3 Å². The molecule has 1 aromatic carbocycles. The number of pyridine rings is 1. The summed E-state index contributed by atoms with van der Waals surface area (Å²) in [5, 5.41) is 3.56. The van der Waals surface area contributed by atoms with Crippen molar-refractivity contribution in [1.29, 1.82) is 0 Å². The first kappa shape index (κ1) is 15.3. The van der Waals surface area contributed by atoms with Crippen LogP contribution in [0.25, 0.3) is 10.4 Å². The van der Waals surface area contributed by atoms with Crippen molar-refractivity contribution >= 4 is 17.2 Å². The van der Waals surface area contributed by atoms with Gasteiger partial charge >= 0.3 is 0 Å². The van der Waals surface area contributed by atoms with Crippen LogP contribution in [0.4, 0.5) is 4.39 Å². The quantitative estimate of drug-likeness (QED) is 0.797. The number of nitrogens with one attached hydrogen (secondary N) is 1. The molecule has 0 saturated carbocycles. The highest BCUT2D eigenvalue weighted by molar-refractivity contribution is 7.15. The fraction of sp³-hybridized carbons (Fsp3) is 0.118. The van der Waals surface area contributed by atoms with E-state index in [0.717, 1.165) is 10.7 Å². The molecule has 0 radical (unpaired) electrons. The molecule has 0 aliphatic rings. The van der Waals surface area contributed by atoms with Crippen LogP contribution in [-0.4, -0.2) is 15.9 Å². The van der Waals surface area contributed by atoms with Gasteiger partial charge in [-0.25, -0.2) is 9.37 Å². The van der Waals surface area contributed by atoms with Crippen LogP contribution in [0.2, 0.25) is 0 Å². The minimum atomic E-state index is -0.339. The van der Waals surface area contributed by atoms with Gasteiger partial charge in [-0.1, -0.05) is 18.2 Å². The van der Waals surface area contributed by atoms with Gasteiger partial charge in [0.25, 0.3) is 5.91 Å². The molecule has 3 rings (SSSR count). The molecule has 2 aromatic heterocycles. The van der Waals surface area contributed by atoms with Gasteiger partial charge in [-0.05, 0) is 36.8 Å². The van der Waals surface area contributed by atoms with Gasteiger partial charge in [0, 0.05) is 6.20 Å². The van der Waals surface area contributed by atoms with Gasteiger partial charge in [-0.2, -0.15) is 0 Å². The number of hydrogen-bond acceptors (Lipinski definition) is 4. The second kappa shape index (κ2) is 6.66. The Balaban J connectivity index is 1.84. The molecular formula is C17H14FN3OS. The second-order valence-electron chi connectivity index (χ2n) is 4.92. The average Bonchev–Trinajstić information content (AvgIpc) is 2.96. The fourth-order valence-corrected chi connectivity index (χ4v) is 3.08. The summed E-state index contributed by atoms with van der Waals surface area (Å²) < 4.78 is 13.4. The highest BCUT2D eigenvalue weighted by Crippen LogP contribution is 2.30. The summed E-state index contributed by atoms with van der Waals surface area (Å²) in [5.41, 5.74) is 1.73. The molecule has 0 saturated heterocycles. The Bertz CT molecular complexity index is 833. The second-order valence-corrected chi connectivity index (χ2v) is 6.13. The lowest BCUT2D eigenvalue weighted by atomic mass is 10.1. The molecule has 0 unspecified atom stereocenters. The van der Waals surface area contributed by atoms with Gasteiger partial charge in [0.1, 0.15) is 11.5 Å². The number of aromatic nitrogens is 2. The number of thiazole rings is 1. The van der Waals surface area contributed by atoms with Crippen LogP contribution >= 0.6 is 11.3 Å². The number of amides is 1. The zero-order chi connectivity index (χ0) is 16.2. The Morgan fingerprint density at radius 1 is 1.26 bits per heavy atom. The number of rotatable bonds is 4. The van der Waals surface area contributed by atoms with E-state index in [4.69, 9.17) is 0 Å². The highest BCUT2D eigenvalue weighted by Gasteiger charge is 2.18. The third kappa shape index (κ3) is 3.60. The molecule has 23 heavy (non-hydrogen) atoms. The maximum absolute atomic E-state index is 13.4. The Morgan fingerprint density at radius 3 is 2.87 bits per heavy atom. The average molecular weight is 327 g/mol. The summed E-state index contributed by atoms with van der Waals surface area (Å²) in [5.74, 6) is -0.632. The van der Waals surface area contributed by atoms with E-state index in [1.807, 2.05) is 25.1 Å². The highest BCUT2D eigenvalue weighted by atomic mass is 32.1. The van der Waals surface area contributed by atoms with E-state index >= 15 is 0 Å². The van der Waals surface area contributed by atoms with Crippen molar-refractivity contribution in [2.45, 2.75) is 13.5 Å². The third-order valence-corrected chi connectivity index (χ3v) is 4.21. The van der Waals surface area contributed by atoms with E-state index < -0.39 is 0 Å².